The van der Waals surface area contributed by atoms with Gasteiger partial charge in [-0.1, -0.05) is 24.3 Å². The number of aliphatic imine (C=N–C) groups is 1. The first-order chi connectivity index (χ1) is 14.4. The molecule has 156 valence electrons. The molecule has 2 N–H and O–H groups in total. The molecule has 30 heavy (non-hydrogen) atoms. The fourth-order valence-corrected chi connectivity index (χ4v) is 4.65. The predicted octanol–water partition coefficient (Wildman–Crippen LogP) is 3.17. The van der Waals surface area contributed by atoms with E-state index in [1.165, 1.54) is 0 Å². The Hall–Kier alpha value is -3.02. The Labute approximate surface area is 177 Å². The molecule has 2 unspecified atom stereocenters. The summed E-state index contributed by atoms with van der Waals surface area (Å²) in [5, 5.41) is 0. The van der Waals surface area contributed by atoms with Gasteiger partial charge in [0.1, 0.15) is 11.4 Å². The highest BCUT2D eigenvalue weighted by Gasteiger charge is 2.47. The van der Waals surface area contributed by atoms with Gasteiger partial charge in [-0.15, -0.1) is 0 Å². The van der Waals surface area contributed by atoms with Crippen LogP contribution in [0.15, 0.2) is 53.8 Å². The number of benzene rings is 1. The lowest BCUT2D eigenvalue weighted by Crippen LogP contribution is -2.39. The van der Waals surface area contributed by atoms with Crippen molar-refractivity contribution in [3.63, 3.8) is 0 Å². The second-order valence-electron chi connectivity index (χ2n) is 8.53. The standard InChI is InChI=1S/C24H28N4O2/c1-16(29)28-11-8-17(9-12-28)13-21-22(30)24(2,27-23(21)25)20-7-3-5-18(14-20)19-6-4-10-26-15-19/h3-7,10,14-15,17,21H,8-9,11-13H2,1-2H3,(H2,25,27). The predicted molar refractivity (Wildman–Crippen MR) is 117 cm³/mol. The number of rotatable bonds is 4. The van der Waals surface area contributed by atoms with Gasteiger partial charge < -0.3 is 10.6 Å². The number of amidine groups is 1. The quantitative estimate of drug-likeness (QED) is 0.848. The summed E-state index contributed by atoms with van der Waals surface area (Å²) in [6, 6.07) is 11.8. The van der Waals surface area contributed by atoms with Gasteiger partial charge in [0.05, 0.1) is 5.92 Å². The summed E-state index contributed by atoms with van der Waals surface area (Å²) >= 11 is 0. The highest BCUT2D eigenvalue weighted by molar-refractivity contribution is 6.13. The van der Waals surface area contributed by atoms with Crippen LogP contribution in [0.3, 0.4) is 0 Å². The summed E-state index contributed by atoms with van der Waals surface area (Å²) in [6.07, 6.45) is 6.07. The summed E-state index contributed by atoms with van der Waals surface area (Å²) in [5.74, 6) is 0.645. The molecule has 1 fully saturated rings. The van der Waals surface area contributed by atoms with Crippen LogP contribution in [0.1, 0.15) is 38.7 Å². The first-order valence-electron chi connectivity index (χ1n) is 10.5. The van der Waals surface area contributed by atoms with E-state index in [9.17, 15) is 9.59 Å². The van der Waals surface area contributed by atoms with Crippen molar-refractivity contribution in [3.05, 3.63) is 54.4 Å². The number of hydrogen-bond acceptors (Lipinski definition) is 5. The monoisotopic (exact) mass is 404 g/mol. The summed E-state index contributed by atoms with van der Waals surface area (Å²) in [4.78, 5) is 35.7. The summed E-state index contributed by atoms with van der Waals surface area (Å²) in [5.41, 5.74) is 8.17. The molecule has 1 aromatic heterocycles. The first-order valence-corrected chi connectivity index (χ1v) is 10.5. The van der Waals surface area contributed by atoms with Crippen LogP contribution < -0.4 is 5.73 Å². The normalized spacial score (nSPS) is 24.7. The van der Waals surface area contributed by atoms with Gasteiger partial charge in [0.15, 0.2) is 5.78 Å². The number of ketones is 1. The molecule has 6 heteroatoms. The van der Waals surface area contributed by atoms with Crippen molar-refractivity contribution >= 4 is 17.5 Å². The number of nitrogens with two attached hydrogens (primary N) is 1. The highest BCUT2D eigenvalue weighted by atomic mass is 16.2. The minimum atomic E-state index is -0.965. The molecule has 1 amide bonds. The second-order valence-corrected chi connectivity index (χ2v) is 8.53. The lowest BCUT2D eigenvalue weighted by Gasteiger charge is -2.32. The number of piperidine rings is 1. The van der Waals surface area contributed by atoms with Crippen LogP contribution in [0.25, 0.3) is 11.1 Å². The zero-order chi connectivity index (χ0) is 21.3. The van der Waals surface area contributed by atoms with Gasteiger partial charge in [0, 0.05) is 32.4 Å². The molecule has 2 aliphatic heterocycles. The lowest BCUT2D eigenvalue weighted by atomic mass is 9.79. The Balaban J connectivity index is 1.52. The maximum absolute atomic E-state index is 13.5. The van der Waals surface area contributed by atoms with Crippen LogP contribution in [0.2, 0.25) is 0 Å². The van der Waals surface area contributed by atoms with E-state index in [1.807, 2.05) is 54.4 Å². The Bertz CT molecular complexity index is 980. The number of nitrogens with zero attached hydrogens (tertiary/aromatic N) is 3. The number of Topliss-reactive ketones (excluding diaryl/α,β-unsaturated/α-hetero) is 1. The summed E-state index contributed by atoms with van der Waals surface area (Å²) < 4.78 is 0. The summed E-state index contributed by atoms with van der Waals surface area (Å²) in [6.45, 7) is 4.98. The van der Waals surface area contributed by atoms with E-state index in [-0.39, 0.29) is 17.6 Å². The van der Waals surface area contributed by atoms with E-state index < -0.39 is 5.54 Å². The number of likely N-dealkylation sites (tertiary alicyclic amines) is 1. The molecule has 1 saturated heterocycles. The molecule has 4 rings (SSSR count). The van der Waals surface area contributed by atoms with E-state index in [1.54, 1.807) is 13.1 Å². The zero-order valence-corrected chi connectivity index (χ0v) is 17.5. The fraction of sp³-hybridized carbons (Fsp3) is 0.417. The van der Waals surface area contributed by atoms with Gasteiger partial charge in [-0.05, 0) is 60.9 Å². The molecule has 0 bridgehead atoms. The fourth-order valence-electron chi connectivity index (χ4n) is 4.65. The maximum atomic E-state index is 13.5. The minimum absolute atomic E-state index is 0.0670. The number of pyridine rings is 1. The zero-order valence-electron chi connectivity index (χ0n) is 17.5. The van der Waals surface area contributed by atoms with Crippen molar-refractivity contribution in [1.29, 1.82) is 0 Å². The highest BCUT2D eigenvalue weighted by Crippen LogP contribution is 2.39. The second kappa shape index (κ2) is 8.01. The number of aromatic nitrogens is 1. The van der Waals surface area contributed by atoms with Crippen LogP contribution in [-0.4, -0.2) is 40.5 Å². The molecule has 0 aliphatic carbocycles. The van der Waals surface area contributed by atoms with Crippen molar-refractivity contribution < 1.29 is 9.59 Å². The third-order valence-corrected chi connectivity index (χ3v) is 6.55. The number of carbonyl (C=O) groups excluding carboxylic acids is 2. The summed E-state index contributed by atoms with van der Waals surface area (Å²) in [7, 11) is 0. The third kappa shape index (κ3) is 3.74. The Morgan fingerprint density at radius 1 is 1.20 bits per heavy atom. The molecule has 0 spiro atoms. The van der Waals surface area contributed by atoms with Crippen LogP contribution in [0.4, 0.5) is 0 Å². The largest absolute Gasteiger partial charge is 0.387 e. The van der Waals surface area contributed by atoms with Gasteiger partial charge in [-0.2, -0.15) is 0 Å². The number of carbonyl (C=O) groups is 2. The Kier molecular flexibility index (Phi) is 5.41. The number of hydrogen-bond donors (Lipinski definition) is 1. The van der Waals surface area contributed by atoms with Gasteiger partial charge >= 0.3 is 0 Å². The van der Waals surface area contributed by atoms with E-state index in [0.29, 0.717) is 18.2 Å². The van der Waals surface area contributed by atoms with Crippen LogP contribution in [0, 0.1) is 11.8 Å². The first kappa shape index (κ1) is 20.3. The molecule has 0 saturated carbocycles. The van der Waals surface area contributed by atoms with E-state index >= 15 is 0 Å². The molecule has 1 aromatic carbocycles. The van der Waals surface area contributed by atoms with Crippen LogP contribution >= 0.6 is 0 Å². The molecule has 2 atom stereocenters. The van der Waals surface area contributed by atoms with E-state index in [2.05, 4.69) is 9.98 Å². The molecule has 6 nitrogen and oxygen atoms in total. The molecular formula is C24H28N4O2. The molecule has 3 heterocycles. The topological polar surface area (TPSA) is 88.7 Å². The van der Waals surface area contributed by atoms with Crippen LogP contribution in [-0.2, 0) is 15.1 Å². The average molecular weight is 405 g/mol. The maximum Gasteiger partial charge on any atom is 0.219 e. The van der Waals surface area contributed by atoms with Gasteiger partial charge in [0.25, 0.3) is 0 Å². The van der Waals surface area contributed by atoms with Crippen molar-refractivity contribution in [2.24, 2.45) is 22.6 Å². The van der Waals surface area contributed by atoms with Gasteiger partial charge in [0.2, 0.25) is 5.91 Å². The molecule has 2 aromatic rings. The van der Waals surface area contributed by atoms with Gasteiger partial charge in [-0.3, -0.25) is 19.6 Å². The Morgan fingerprint density at radius 2 is 1.93 bits per heavy atom. The van der Waals surface area contributed by atoms with E-state index in [4.69, 9.17) is 5.73 Å². The van der Waals surface area contributed by atoms with Crippen molar-refractivity contribution in [2.75, 3.05) is 13.1 Å². The molecule has 2 aliphatic rings. The lowest BCUT2D eigenvalue weighted by molar-refractivity contribution is -0.130. The molecule has 0 radical (unpaired) electrons. The van der Waals surface area contributed by atoms with Gasteiger partial charge in [-0.25, -0.2) is 0 Å². The number of amides is 1. The van der Waals surface area contributed by atoms with Crippen molar-refractivity contribution in [2.45, 2.75) is 38.6 Å². The average Bonchev–Trinajstić information content (AvgIpc) is 2.99. The SMILES string of the molecule is CC(=O)N1CCC(CC2C(=O)C(C)(c3cccc(-c4cccnc4)c3)N=C2N)CC1. The molecular weight excluding hydrogens is 376 g/mol. The third-order valence-electron chi connectivity index (χ3n) is 6.55. The van der Waals surface area contributed by atoms with Crippen molar-refractivity contribution in [3.8, 4) is 11.1 Å². The van der Waals surface area contributed by atoms with Crippen molar-refractivity contribution in [1.82, 2.24) is 9.88 Å². The van der Waals surface area contributed by atoms with Crippen LogP contribution in [0.5, 0.6) is 0 Å². The Morgan fingerprint density at radius 3 is 2.60 bits per heavy atom. The minimum Gasteiger partial charge on any atom is -0.387 e. The van der Waals surface area contributed by atoms with E-state index in [0.717, 1.165) is 42.6 Å². The smallest absolute Gasteiger partial charge is 0.219 e.